The lowest BCUT2D eigenvalue weighted by Gasteiger charge is -2.25. The van der Waals surface area contributed by atoms with Gasteiger partial charge in [0.05, 0.1) is 22.7 Å². The van der Waals surface area contributed by atoms with Gasteiger partial charge in [0.25, 0.3) is 10.0 Å². The SMILES string of the molecule is CC(=O)Nc1ccc(S(=O)(=O)N(Cc2ccc(C(F)(F)F)cc2)c2ccc(F)cc2)cc1. The first-order valence-electron chi connectivity index (χ1n) is 9.29. The molecule has 0 unspecified atom stereocenters. The zero-order valence-corrected chi connectivity index (χ0v) is 17.5. The molecule has 5 nitrogen and oxygen atoms in total. The lowest BCUT2D eigenvalue weighted by atomic mass is 10.1. The summed E-state index contributed by atoms with van der Waals surface area (Å²) in [4.78, 5) is 11.1. The van der Waals surface area contributed by atoms with Gasteiger partial charge in [0.15, 0.2) is 0 Å². The van der Waals surface area contributed by atoms with Crippen molar-refractivity contribution in [3.63, 3.8) is 0 Å². The van der Waals surface area contributed by atoms with E-state index in [4.69, 9.17) is 0 Å². The highest BCUT2D eigenvalue weighted by molar-refractivity contribution is 7.92. The topological polar surface area (TPSA) is 66.5 Å². The summed E-state index contributed by atoms with van der Waals surface area (Å²) >= 11 is 0. The summed E-state index contributed by atoms with van der Waals surface area (Å²) in [6.07, 6.45) is -4.52. The Hall–Kier alpha value is -3.40. The molecule has 10 heteroatoms. The van der Waals surface area contributed by atoms with Crippen LogP contribution in [0.15, 0.2) is 77.7 Å². The van der Waals surface area contributed by atoms with Crippen LogP contribution in [-0.4, -0.2) is 14.3 Å². The molecule has 0 spiro atoms. The molecular weight excluding hydrogens is 448 g/mol. The van der Waals surface area contributed by atoms with Crippen LogP contribution in [0, 0.1) is 5.82 Å². The quantitative estimate of drug-likeness (QED) is 0.508. The highest BCUT2D eigenvalue weighted by atomic mass is 32.2. The third-order valence-electron chi connectivity index (χ3n) is 4.48. The maximum Gasteiger partial charge on any atom is 0.416 e. The van der Waals surface area contributed by atoms with Crippen molar-refractivity contribution in [2.45, 2.75) is 24.5 Å². The zero-order chi connectivity index (χ0) is 23.5. The molecule has 0 saturated carbocycles. The molecule has 0 heterocycles. The molecule has 0 saturated heterocycles. The highest BCUT2D eigenvalue weighted by Crippen LogP contribution is 2.31. The van der Waals surface area contributed by atoms with Gasteiger partial charge in [-0.3, -0.25) is 9.10 Å². The van der Waals surface area contributed by atoms with Crippen LogP contribution < -0.4 is 9.62 Å². The highest BCUT2D eigenvalue weighted by Gasteiger charge is 2.30. The van der Waals surface area contributed by atoms with Gasteiger partial charge < -0.3 is 5.32 Å². The van der Waals surface area contributed by atoms with Crippen LogP contribution in [0.25, 0.3) is 0 Å². The van der Waals surface area contributed by atoms with Gasteiger partial charge in [-0.1, -0.05) is 12.1 Å². The van der Waals surface area contributed by atoms with E-state index in [1.807, 2.05) is 0 Å². The lowest BCUT2D eigenvalue weighted by Crippen LogP contribution is -2.30. The van der Waals surface area contributed by atoms with Crippen molar-refractivity contribution < 1.29 is 30.8 Å². The van der Waals surface area contributed by atoms with Crippen molar-refractivity contribution in [3.8, 4) is 0 Å². The molecule has 3 rings (SSSR count). The van der Waals surface area contributed by atoms with Crippen molar-refractivity contribution >= 4 is 27.3 Å². The van der Waals surface area contributed by atoms with E-state index in [1.165, 1.54) is 55.5 Å². The number of anilines is 2. The molecule has 1 N–H and O–H groups in total. The fraction of sp³-hybridized carbons (Fsp3) is 0.136. The summed E-state index contributed by atoms with van der Waals surface area (Å²) in [5.41, 5.74) is -0.0171. The largest absolute Gasteiger partial charge is 0.416 e. The number of benzene rings is 3. The molecule has 3 aromatic rings. The van der Waals surface area contributed by atoms with E-state index >= 15 is 0 Å². The maximum atomic E-state index is 13.4. The second kappa shape index (κ2) is 8.99. The van der Waals surface area contributed by atoms with Gasteiger partial charge in [-0.05, 0) is 66.2 Å². The molecule has 32 heavy (non-hydrogen) atoms. The second-order valence-corrected chi connectivity index (χ2v) is 8.75. The van der Waals surface area contributed by atoms with Gasteiger partial charge in [0.1, 0.15) is 5.82 Å². The van der Waals surface area contributed by atoms with Gasteiger partial charge in [0, 0.05) is 12.6 Å². The summed E-state index contributed by atoms with van der Waals surface area (Å²) in [6.45, 7) is 1.03. The van der Waals surface area contributed by atoms with Crippen LogP contribution in [0.3, 0.4) is 0 Å². The van der Waals surface area contributed by atoms with Crippen LogP contribution in [0.1, 0.15) is 18.1 Å². The number of halogens is 4. The monoisotopic (exact) mass is 466 g/mol. The van der Waals surface area contributed by atoms with Crippen molar-refractivity contribution in [2.24, 2.45) is 0 Å². The molecule has 0 atom stereocenters. The first-order chi connectivity index (χ1) is 15.0. The summed E-state index contributed by atoms with van der Waals surface area (Å²) in [5, 5.41) is 2.53. The number of sulfonamides is 1. The Kier molecular flexibility index (Phi) is 6.54. The summed E-state index contributed by atoms with van der Waals surface area (Å²) in [5.74, 6) is -0.892. The average Bonchev–Trinajstić information content (AvgIpc) is 2.72. The first kappa shape index (κ1) is 23.3. The van der Waals surface area contributed by atoms with E-state index in [2.05, 4.69) is 5.32 Å². The standard InChI is InChI=1S/C22H18F4N2O3S/c1-15(29)27-19-8-12-21(13-9-19)32(30,31)28(20-10-6-18(23)7-11-20)14-16-2-4-17(5-3-16)22(24,25)26/h2-13H,14H2,1H3,(H,27,29). The summed E-state index contributed by atoms with van der Waals surface area (Å²) < 4.78 is 79.6. The Bertz CT molecular complexity index is 1190. The normalized spacial score (nSPS) is 11.8. The maximum absolute atomic E-state index is 13.4. The fourth-order valence-corrected chi connectivity index (χ4v) is 4.38. The Morgan fingerprint density at radius 3 is 1.97 bits per heavy atom. The number of hydrogen-bond acceptors (Lipinski definition) is 3. The minimum atomic E-state index is -4.52. The minimum absolute atomic E-state index is 0.108. The molecule has 0 aromatic heterocycles. The van der Waals surface area contributed by atoms with Crippen LogP contribution in [-0.2, 0) is 27.5 Å². The molecule has 0 aliphatic rings. The molecule has 3 aromatic carbocycles. The van der Waals surface area contributed by atoms with Gasteiger partial charge in [0.2, 0.25) is 5.91 Å². The fourth-order valence-electron chi connectivity index (χ4n) is 2.93. The van der Waals surface area contributed by atoms with Gasteiger partial charge in [-0.15, -0.1) is 0 Å². The lowest BCUT2D eigenvalue weighted by molar-refractivity contribution is -0.137. The molecule has 0 bridgehead atoms. The number of carbonyl (C=O) groups is 1. The molecule has 1 amide bonds. The van der Waals surface area contributed by atoms with Crippen LogP contribution in [0.4, 0.5) is 28.9 Å². The molecule has 0 fully saturated rings. The second-order valence-electron chi connectivity index (χ2n) is 6.89. The van der Waals surface area contributed by atoms with Gasteiger partial charge >= 0.3 is 6.18 Å². The number of nitrogens with one attached hydrogen (secondary N) is 1. The van der Waals surface area contributed by atoms with E-state index in [0.29, 0.717) is 11.3 Å². The molecule has 0 radical (unpaired) electrons. The Balaban J connectivity index is 1.98. The van der Waals surface area contributed by atoms with Crippen molar-refractivity contribution in [2.75, 3.05) is 9.62 Å². The van der Waals surface area contributed by atoms with E-state index in [-0.39, 0.29) is 23.0 Å². The molecular formula is C22H18F4N2O3S. The van der Waals surface area contributed by atoms with Gasteiger partial charge in [-0.25, -0.2) is 12.8 Å². The predicted molar refractivity (Wildman–Crippen MR) is 112 cm³/mol. The Morgan fingerprint density at radius 1 is 0.906 bits per heavy atom. The smallest absolute Gasteiger partial charge is 0.326 e. The first-order valence-corrected chi connectivity index (χ1v) is 10.7. The molecule has 0 aliphatic carbocycles. The third-order valence-corrected chi connectivity index (χ3v) is 6.27. The van der Waals surface area contributed by atoms with Crippen LogP contribution >= 0.6 is 0 Å². The number of rotatable bonds is 6. The van der Waals surface area contributed by atoms with E-state index in [1.54, 1.807) is 0 Å². The Labute approximate surface area is 182 Å². The molecule has 168 valence electrons. The molecule has 0 aliphatic heterocycles. The average molecular weight is 466 g/mol. The van der Waals surface area contributed by atoms with E-state index in [0.717, 1.165) is 28.6 Å². The number of nitrogens with zero attached hydrogens (tertiary/aromatic N) is 1. The summed E-state index contributed by atoms with van der Waals surface area (Å²) in [7, 11) is -4.17. The third kappa shape index (κ3) is 5.44. The van der Waals surface area contributed by atoms with Crippen molar-refractivity contribution in [3.05, 3.63) is 89.7 Å². The van der Waals surface area contributed by atoms with E-state index in [9.17, 15) is 30.8 Å². The van der Waals surface area contributed by atoms with Crippen molar-refractivity contribution in [1.29, 1.82) is 0 Å². The number of carbonyl (C=O) groups excluding carboxylic acids is 1. The number of amides is 1. The number of hydrogen-bond donors (Lipinski definition) is 1. The number of alkyl halides is 3. The van der Waals surface area contributed by atoms with Crippen LogP contribution in [0.2, 0.25) is 0 Å². The minimum Gasteiger partial charge on any atom is -0.326 e. The van der Waals surface area contributed by atoms with E-state index < -0.39 is 27.6 Å². The summed E-state index contributed by atoms with van der Waals surface area (Å²) in [6, 6.07) is 14.2. The van der Waals surface area contributed by atoms with Gasteiger partial charge in [-0.2, -0.15) is 13.2 Å². The van der Waals surface area contributed by atoms with Crippen molar-refractivity contribution in [1.82, 2.24) is 0 Å². The zero-order valence-electron chi connectivity index (χ0n) is 16.7. The predicted octanol–water partition coefficient (Wildman–Crippen LogP) is 5.20. The Morgan fingerprint density at radius 2 is 1.47 bits per heavy atom. The van der Waals surface area contributed by atoms with Crippen LogP contribution in [0.5, 0.6) is 0 Å².